The summed E-state index contributed by atoms with van der Waals surface area (Å²) >= 11 is 0. The lowest BCUT2D eigenvalue weighted by Gasteiger charge is -2.28. The number of benzene rings is 2. The maximum absolute atomic E-state index is 12.4. The first-order valence-corrected chi connectivity index (χ1v) is 10.7. The summed E-state index contributed by atoms with van der Waals surface area (Å²) in [5, 5.41) is 1.23. The molecule has 0 saturated carbocycles. The molecule has 1 aliphatic rings. The third-order valence-electron chi connectivity index (χ3n) is 4.80. The summed E-state index contributed by atoms with van der Waals surface area (Å²) in [6.45, 7) is 2.31. The first kappa shape index (κ1) is 19.6. The van der Waals surface area contributed by atoms with Gasteiger partial charge in [-0.2, -0.15) is 0 Å². The van der Waals surface area contributed by atoms with E-state index in [-0.39, 0.29) is 6.04 Å². The van der Waals surface area contributed by atoms with Crippen LogP contribution in [0.2, 0.25) is 0 Å². The summed E-state index contributed by atoms with van der Waals surface area (Å²) < 4.78 is 32.8. The van der Waals surface area contributed by atoms with Gasteiger partial charge < -0.3 is 4.74 Å². The molecule has 144 valence electrons. The second-order valence-corrected chi connectivity index (χ2v) is 8.29. The predicted molar refractivity (Wildman–Crippen MR) is 109 cm³/mol. The van der Waals surface area contributed by atoms with Crippen molar-refractivity contribution in [1.82, 2.24) is 9.62 Å². The largest absolute Gasteiger partial charge is 0.497 e. The topological polar surface area (TPSA) is 58.6 Å². The number of ether oxygens (including phenoxy) is 1. The van der Waals surface area contributed by atoms with Crippen molar-refractivity contribution in [3.63, 3.8) is 0 Å². The monoisotopic (exact) mass is 386 g/mol. The van der Waals surface area contributed by atoms with Crippen LogP contribution in [0.15, 0.2) is 60.0 Å². The Kier molecular flexibility index (Phi) is 6.66. The van der Waals surface area contributed by atoms with Gasteiger partial charge in [0, 0.05) is 18.0 Å². The van der Waals surface area contributed by atoms with E-state index in [0.29, 0.717) is 6.54 Å². The molecule has 1 fully saturated rings. The van der Waals surface area contributed by atoms with E-state index in [0.717, 1.165) is 42.8 Å². The molecule has 0 amide bonds. The smallest absolute Gasteiger partial charge is 0.233 e. The molecular weight excluding hydrogens is 360 g/mol. The Hall–Kier alpha value is -2.15. The molecule has 27 heavy (non-hydrogen) atoms. The molecule has 0 radical (unpaired) electrons. The fourth-order valence-corrected chi connectivity index (χ4v) is 4.14. The summed E-state index contributed by atoms with van der Waals surface area (Å²) in [5.74, 6) is 0.797. The molecule has 0 spiro atoms. The van der Waals surface area contributed by atoms with E-state index in [4.69, 9.17) is 4.74 Å². The molecule has 1 unspecified atom stereocenters. The lowest BCUT2D eigenvalue weighted by Crippen LogP contribution is -2.36. The van der Waals surface area contributed by atoms with Crippen molar-refractivity contribution in [3.8, 4) is 5.75 Å². The van der Waals surface area contributed by atoms with Crippen molar-refractivity contribution in [1.29, 1.82) is 0 Å². The van der Waals surface area contributed by atoms with Crippen LogP contribution in [0.3, 0.4) is 0 Å². The van der Waals surface area contributed by atoms with Crippen LogP contribution in [0.4, 0.5) is 0 Å². The van der Waals surface area contributed by atoms with Crippen molar-refractivity contribution in [2.24, 2.45) is 0 Å². The number of methoxy groups -OCH3 is 1. The van der Waals surface area contributed by atoms with Crippen LogP contribution in [0.1, 0.15) is 30.0 Å². The lowest BCUT2D eigenvalue weighted by molar-refractivity contribution is 0.246. The van der Waals surface area contributed by atoms with Gasteiger partial charge in [0.1, 0.15) is 5.75 Å². The average molecular weight is 387 g/mol. The Morgan fingerprint density at radius 2 is 1.74 bits per heavy atom. The number of sulfonamides is 1. The fourth-order valence-electron chi connectivity index (χ4n) is 3.31. The normalized spacial score (nSPS) is 16.6. The molecule has 1 aliphatic heterocycles. The number of likely N-dealkylation sites (tertiary alicyclic amines) is 1. The zero-order valence-electron chi connectivity index (χ0n) is 15.5. The van der Waals surface area contributed by atoms with Crippen LogP contribution >= 0.6 is 0 Å². The zero-order valence-corrected chi connectivity index (χ0v) is 16.4. The fraction of sp³-hybridized carbons (Fsp3) is 0.333. The summed E-state index contributed by atoms with van der Waals surface area (Å²) in [7, 11) is -1.87. The molecule has 1 saturated heterocycles. The highest BCUT2D eigenvalue weighted by Crippen LogP contribution is 2.26. The minimum Gasteiger partial charge on any atom is -0.497 e. The van der Waals surface area contributed by atoms with Gasteiger partial charge in [0.2, 0.25) is 10.0 Å². The maximum atomic E-state index is 12.4. The van der Waals surface area contributed by atoms with Gasteiger partial charge >= 0.3 is 0 Å². The standard InChI is InChI=1S/C21H26N2O3S/c1-26-20-11-9-19(10-12-20)21(23-14-5-6-15-23)17-22-27(24,25)16-13-18-7-3-2-4-8-18/h2-4,7-13,16,21-22H,5-6,14-15,17H2,1H3/b16-13+. The molecule has 3 rings (SSSR count). The van der Waals surface area contributed by atoms with Gasteiger partial charge in [0.25, 0.3) is 0 Å². The molecule has 2 aromatic carbocycles. The highest BCUT2D eigenvalue weighted by molar-refractivity contribution is 7.92. The number of nitrogens with zero attached hydrogens (tertiary/aromatic N) is 1. The van der Waals surface area contributed by atoms with E-state index in [1.807, 2.05) is 54.6 Å². The highest BCUT2D eigenvalue weighted by Gasteiger charge is 2.24. The minimum absolute atomic E-state index is 0.0123. The molecule has 0 bridgehead atoms. The van der Waals surface area contributed by atoms with Crippen molar-refractivity contribution in [2.45, 2.75) is 18.9 Å². The first-order chi connectivity index (χ1) is 13.1. The molecule has 1 N–H and O–H groups in total. The van der Waals surface area contributed by atoms with Crippen molar-refractivity contribution >= 4 is 16.1 Å². The second-order valence-electron chi connectivity index (χ2n) is 6.64. The third-order valence-corrected chi connectivity index (χ3v) is 5.86. The number of hydrogen-bond acceptors (Lipinski definition) is 4. The van der Waals surface area contributed by atoms with Crippen molar-refractivity contribution in [3.05, 3.63) is 71.1 Å². The number of rotatable bonds is 8. The van der Waals surface area contributed by atoms with Gasteiger partial charge in [-0.15, -0.1) is 0 Å². The summed E-state index contributed by atoms with van der Waals surface area (Å²) in [5.41, 5.74) is 1.95. The molecule has 1 atom stereocenters. The molecule has 6 heteroatoms. The highest BCUT2D eigenvalue weighted by atomic mass is 32.2. The summed E-state index contributed by atoms with van der Waals surface area (Å²) in [6.07, 6.45) is 3.90. The van der Waals surface area contributed by atoms with E-state index >= 15 is 0 Å². The van der Waals surface area contributed by atoms with E-state index < -0.39 is 10.0 Å². The van der Waals surface area contributed by atoms with Gasteiger partial charge in [-0.1, -0.05) is 42.5 Å². The molecule has 0 aromatic heterocycles. The van der Waals surface area contributed by atoms with E-state index in [1.165, 1.54) is 5.41 Å². The minimum atomic E-state index is -3.51. The van der Waals surface area contributed by atoms with E-state index in [9.17, 15) is 8.42 Å². The summed E-state index contributed by atoms with van der Waals surface area (Å²) in [4.78, 5) is 2.34. The van der Waals surface area contributed by atoms with Crippen molar-refractivity contribution in [2.75, 3.05) is 26.7 Å². The quantitative estimate of drug-likeness (QED) is 0.755. The van der Waals surface area contributed by atoms with Crippen LogP contribution in [-0.2, 0) is 10.0 Å². The van der Waals surface area contributed by atoms with Crippen molar-refractivity contribution < 1.29 is 13.2 Å². The Balaban J connectivity index is 1.70. The number of hydrogen-bond donors (Lipinski definition) is 1. The van der Waals surface area contributed by atoms with Gasteiger partial charge in [0.05, 0.1) is 7.11 Å². The molecule has 1 heterocycles. The molecule has 5 nitrogen and oxygen atoms in total. The lowest BCUT2D eigenvalue weighted by atomic mass is 10.1. The molecule has 2 aromatic rings. The Bertz CT molecular complexity index is 843. The van der Waals surface area contributed by atoms with Crippen LogP contribution in [-0.4, -0.2) is 40.1 Å². The van der Waals surface area contributed by atoms with E-state index in [1.54, 1.807) is 13.2 Å². The maximum Gasteiger partial charge on any atom is 0.233 e. The molecule has 0 aliphatic carbocycles. The summed E-state index contributed by atoms with van der Waals surface area (Å²) in [6, 6.07) is 17.3. The SMILES string of the molecule is COc1ccc(C(CNS(=O)(=O)/C=C/c2ccccc2)N2CCCC2)cc1. The zero-order chi connectivity index (χ0) is 19.1. The van der Waals surface area contributed by atoms with Crippen LogP contribution < -0.4 is 9.46 Å². The van der Waals surface area contributed by atoms with Crippen LogP contribution in [0, 0.1) is 0 Å². The van der Waals surface area contributed by atoms with Gasteiger partial charge in [-0.3, -0.25) is 4.90 Å². The molecular formula is C21H26N2O3S. The Labute approximate surface area is 161 Å². The van der Waals surface area contributed by atoms with Gasteiger partial charge in [-0.25, -0.2) is 13.1 Å². The second kappa shape index (κ2) is 9.17. The van der Waals surface area contributed by atoms with Gasteiger partial charge in [-0.05, 0) is 55.3 Å². The van der Waals surface area contributed by atoms with E-state index in [2.05, 4.69) is 9.62 Å². The average Bonchev–Trinajstić information content (AvgIpc) is 3.22. The predicted octanol–water partition coefficient (Wildman–Crippen LogP) is 3.42. The Morgan fingerprint density at radius 1 is 1.07 bits per heavy atom. The van der Waals surface area contributed by atoms with Gasteiger partial charge in [0.15, 0.2) is 0 Å². The Morgan fingerprint density at radius 3 is 2.37 bits per heavy atom. The third kappa shape index (κ3) is 5.66. The first-order valence-electron chi connectivity index (χ1n) is 9.18. The van der Waals surface area contributed by atoms with Crippen LogP contribution in [0.5, 0.6) is 5.75 Å². The number of nitrogens with one attached hydrogen (secondary N) is 1. The van der Waals surface area contributed by atoms with Crippen LogP contribution in [0.25, 0.3) is 6.08 Å².